The zero-order valence-electron chi connectivity index (χ0n) is 8.19. The summed E-state index contributed by atoms with van der Waals surface area (Å²) in [5.74, 6) is 1.40. The number of rotatable bonds is 3. The van der Waals surface area contributed by atoms with E-state index in [1.54, 1.807) is 12.4 Å². The van der Waals surface area contributed by atoms with Gasteiger partial charge in [-0.15, -0.1) is 0 Å². The van der Waals surface area contributed by atoms with Gasteiger partial charge in [-0.1, -0.05) is 0 Å². The fourth-order valence-corrected chi connectivity index (χ4v) is 1.93. The summed E-state index contributed by atoms with van der Waals surface area (Å²) in [5, 5.41) is 3.23. The number of hydrogen-bond acceptors (Lipinski definition) is 4. The van der Waals surface area contributed by atoms with Gasteiger partial charge in [0.15, 0.2) is 0 Å². The maximum absolute atomic E-state index is 5.84. The summed E-state index contributed by atoms with van der Waals surface area (Å²) in [7, 11) is 0. The number of nitrogens with two attached hydrogens (primary N) is 1. The monoisotopic (exact) mass is 192 g/mol. The second kappa shape index (κ2) is 4.37. The minimum absolute atomic E-state index is 0.401. The van der Waals surface area contributed by atoms with E-state index in [1.807, 2.05) is 6.07 Å². The molecule has 0 saturated heterocycles. The van der Waals surface area contributed by atoms with Crippen molar-refractivity contribution in [3.63, 3.8) is 0 Å². The van der Waals surface area contributed by atoms with Gasteiger partial charge in [0, 0.05) is 25.0 Å². The molecule has 2 atom stereocenters. The van der Waals surface area contributed by atoms with Gasteiger partial charge in [-0.05, 0) is 31.2 Å². The molecule has 1 aromatic rings. The van der Waals surface area contributed by atoms with Gasteiger partial charge in [0.05, 0.1) is 0 Å². The highest BCUT2D eigenvalue weighted by Crippen LogP contribution is 2.23. The lowest BCUT2D eigenvalue weighted by molar-refractivity contribution is 0.564. The molecule has 14 heavy (non-hydrogen) atoms. The van der Waals surface area contributed by atoms with Crippen LogP contribution in [0.5, 0.6) is 0 Å². The lowest BCUT2D eigenvalue weighted by Gasteiger charge is -2.10. The van der Waals surface area contributed by atoms with Crippen LogP contribution in [0.3, 0.4) is 0 Å². The van der Waals surface area contributed by atoms with Crippen molar-refractivity contribution in [1.82, 2.24) is 9.97 Å². The first kappa shape index (κ1) is 9.40. The van der Waals surface area contributed by atoms with Gasteiger partial charge in [0.1, 0.15) is 0 Å². The number of nitrogens with one attached hydrogen (secondary N) is 1. The van der Waals surface area contributed by atoms with Crippen molar-refractivity contribution >= 4 is 5.95 Å². The van der Waals surface area contributed by atoms with Gasteiger partial charge in [-0.25, -0.2) is 9.97 Å². The zero-order valence-corrected chi connectivity index (χ0v) is 8.19. The van der Waals surface area contributed by atoms with Gasteiger partial charge in [-0.2, -0.15) is 0 Å². The van der Waals surface area contributed by atoms with Crippen molar-refractivity contribution in [2.24, 2.45) is 11.7 Å². The Labute approximate surface area is 83.9 Å². The van der Waals surface area contributed by atoms with Crippen LogP contribution >= 0.6 is 0 Å². The molecular weight excluding hydrogens is 176 g/mol. The lowest BCUT2D eigenvalue weighted by Crippen LogP contribution is -2.18. The van der Waals surface area contributed by atoms with Crippen molar-refractivity contribution in [1.29, 1.82) is 0 Å². The Kier molecular flexibility index (Phi) is 2.93. The van der Waals surface area contributed by atoms with Crippen LogP contribution < -0.4 is 11.1 Å². The maximum atomic E-state index is 5.84. The van der Waals surface area contributed by atoms with E-state index in [4.69, 9.17) is 5.73 Å². The first-order chi connectivity index (χ1) is 6.84. The first-order valence-electron chi connectivity index (χ1n) is 5.11. The minimum Gasteiger partial charge on any atom is -0.354 e. The predicted octanol–water partition coefficient (Wildman–Crippen LogP) is 1.02. The third-order valence-electron chi connectivity index (χ3n) is 2.70. The standard InChI is InChI=1S/C10H16N4/c11-9-3-2-8(6-9)7-14-10-12-4-1-5-13-10/h1,4-5,8-9H,2-3,6-7,11H2,(H,12,13,14). The van der Waals surface area contributed by atoms with Crippen LogP contribution in [0.1, 0.15) is 19.3 Å². The summed E-state index contributed by atoms with van der Waals surface area (Å²) in [5.41, 5.74) is 5.84. The molecule has 1 aliphatic rings. The summed E-state index contributed by atoms with van der Waals surface area (Å²) in [6.07, 6.45) is 6.99. The molecule has 1 aromatic heterocycles. The predicted molar refractivity (Wildman–Crippen MR) is 55.8 cm³/mol. The van der Waals surface area contributed by atoms with Crippen LogP contribution in [0.25, 0.3) is 0 Å². The molecule has 0 aliphatic heterocycles. The molecule has 0 spiro atoms. The second-order valence-corrected chi connectivity index (χ2v) is 3.89. The highest BCUT2D eigenvalue weighted by Gasteiger charge is 2.21. The van der Waals surface area contributed by atoms with Crippen LogP contribution in [0.15, 0.2) is 18.5 Å². The van der Waals surface area contributed by atoms with Gasteiger partial charge >= 0.3 is 0 Å². The summed E-state index contributed by atoms with van der Waals surface area (Å²) >= 11 is 0. The van der Waals surface area contributed by atoms with Crippen LogP contribution in [0.2, 0.25) is 0 Å². The van der Waals surface area contributed by atoms with Crippen LogP contribution in [-0.4, -0.2) is 22.6 Å². The largest absolute Gasteiger partial charge is 0.354 e. The van der Waals surface area contributed by atoms with E-state index in [0.717, 1.165) is 19.4 Å². The third-order valence-corrected chi connectivity index (χ3v) is 2.70. The Hall–Kier alpha value is -1.16. The van der Waals surface area contributed by atoms with Crippen molar-refractivity contribution < 1.29 is 0 Å². The molecule has 4 heteroatoms. The van der Waals surface area contributed by atoms with E-state index in [9.17, 15) is 0 Å². The Morgan fingerprint density at radius 2 is 2.14 bits per heavy atom. The topological polar surface area (TPSA) is 63.8 Å². The molecule has 76 valence electrons. The molecule has 1 saturated carbocycles. The number of anilines is 1. The van der Waals surface area contributed by atoms with Crippen molar-refractivity contribution in [3.05, 3.63) is 18.5 Å². The third kappa shape index (κ3) is 2.42. The van der Waals surface area contributed by atoms with Gasteiger partial charge < -0.3 is 11.1 Å². The molecule has 0 amide bonds. The molecule has 2 rings (SSSR count). The van der Waals surface area contributed by atoms with E-state index >= 15 is 0 Å². The summed E-state index contributed by atoms with van der Waals surface area (Å²) in [6.45, 7) is 0.942. The van der Waals surface area contributed by atoms with E-state index < -0.39 is 0 Å². The molecule has 0 aromatic carbocycles. The molecule has 2 unspecified atom stereocenters. The smallest absolute Gasteiger partial charge is 0.222 e. The van der Waals surface area contributed by atoms with Crippen molar-refractivity contribution in [2.75, 3.05) is 11.9 Å². The Morgan fingerprint density at radius 3 is 2.79 bits per heavy atom. The average Bonchev–Trinajstić information content (AvgIpc) is 2.63. The Morgan fingerprint density at radius 1 is 1.36 bits per heavy atom. The second-order valence-electron chi connectivity index (χ2n) is 3.89. The zero-order chi connectivity index (χ0) is 9.80. The van der Waals surface area contributed by atoms with E-state index in [2.05, 4.69) is 15.3 Å². The highest BCUT2D eigenvalue weighted by molar-refractivity contribution is 5.22. The molecule has 3 N–H and O–H groups in total. The number of aromatic nitrogens is 2. The molecule has 1 heterocycles. The van der Waals surface area contributed by atoms with Crippen molar-refractivity contribution in [3.8, 4) is 0 Å². The normalized spacial score (nSPS) is 26.4. The number of nitrogens with zero attached hydrogens (tertiary/aromatic N) is 2. The SMILES string of the molecule is NC1CCC(CNc2ncccn2)C1. The maximum Gasteiger partial charge on any atom is 0.222 e. The molecular formula is C10H16N4. The number of hydrogen-bond donors (Lipinski definition) is 2. The van der Waals surface area contributed by atoms with Crippen LogP contribution in [0, 0.1) is 5.92 Å². The average molecular weight is 192 g/mol. The van der Waals surface area contributed by atoms with E-state index in [0.29, 0.717) is 17.9 Å². The molecule has 0 bridgehead atoms. The fourth-order valence-electron chi connectivity index (χ4n) is 1.93. The Bertz CT molecular complexity index is 275. The van der Waals surface area contributed by atoms with E-state index in [1.165, 1.54) is 6.42 Å². The molecule has 1 fully saturated rings. The quantitative estimate of drug-likeness (QED) is 0.750. The van der Waals surface area contributed by atoms with Crippen molar-refractivity contribution in [2.45, 2.75) is 25.3 Å². The fraction of sp³-hybridized carbons (Fsp3) is 0.600. The summed E-state index contributed by atoms with van der Waals surface area (Å²) < 4.78 is 0. The first-order valence-corrected chi connectivity index (χ1v) is 5.11. The highest BCUT2D eigenvalue weighted by atomic mass is 15.1. The minimum atomic E-state index is 0.401. The molecule has 1 aliphatic carbocycles. The van der Waals surface area contributed by atoms with Crippen LogP contribution in [-0.2, 0) is 0 Å². The van der Waals surface area contributed by atoms with Gasteiger partial charge in [0.25, 0.3) is 0 Å². The molecule has 4 nitrogen and oxygen atoms in total. The van der Waals surface area contributed by atoms with Crippen LogP contribution in [0.4, 0.5) is 5.95 Å². The van der Waals surface area contributed by atoms with Gasteiger partial charge in [0.2, 0.25) is 5.95 Å². The molecule has 0 radical (unpaired) electrons. The van der Waals surface area contributed by atoms with E-state index in [-0.39, 0.29) is 0 Å². The van der Waals surface area contributed by atoms with Gasteiger partial charge in [-0.3, -0.25) is 0 Å². The lowest BCUT2D eigenvalue weighted by atomic mass is 10.1. The summed E-state index contributed by atoms with van der Waals surface area (Å²) in [6, 6.07) is 2.22. The summed E-state index contributed by atoms with van der Waals surface area (Å²) in [4.78, 5) is 8.21. The Balaban J connectivity index is 1.78.